The van der Waals surface area contributed by atoms with Gasteiger partial charge in [-0.2, -0.15) is 8.78 Å². The van der Waals surface area contributed by atoms with E-state index >= 15 is 0 Å². The molecule has 0 N–H and O–H groups in total. The van der Waals surface area contributed by atoms with Crippen LogP contribution in [0.1, 0.15) is 17.2 Å². The number of hydroxylamine groups is 1. The molecule has 0 saturated carbocycles. The summed E-state index contributed by atoms with van der Waals surface area (Å²) in [6.45, 7) is -2.77. The summed E-state index contributed by atoms with van der Waals surface area (Å²) < 4.78 is 29.6. The number of carbonyl (C=O) groups excluding carboxylic acids is 2. The third kappa shape index (κ3) is 3.93. The number of halogens is 2. The smallest absolute Gasteiger partial charge is 0.387 e. The number of nitrogens with zero attached hydrogens (tertiary/aromatic N) is 2. The summed E-state index contributed by atoms with van der Waals surface area (Å²) in [6.07, 6.45) is -0.969. The number of alkyl halides is 2. The number of fused-ring (bicyclic) bond motifs is 1. The molecule has 2 fully saturated rings. The van der Waals surface area contributed by atoms with E-state index < -0.39 is 30.6 Å². The van der Waals surface area contributed by atoms with E-state index in [9.17, 15) is 18.4 Å². The molecule has 2 heterocycles. The van der Waals surface area contributed by atoms with Crippen molar-refractivity contribution >= 4 is 17.5 Å². The minimum Gasteiger partial charge on any atom is -0.435 e. The number of rotatable bonds is 6. The molecule has 5 rings (SSSR count). The average molecular weight is 450 g/mol. The lowest BCUT2D eigenvalue weighted by molar-refractivity contribution is -0.143. The van der Waals surface area contributed by atoms with E-state index in [4.69, 9.17) is 4.84 Å². The number of carbonyl (C=O) groups is 2. The van der Waals surface area contributed by atoms with Crippen LogP contribution in [0.4, 0.5) is 14.5 Å². The number of hydrogen-bond acceptors (Lipinski definition) is 5. The molecule has 3 atom stereocenters. The number of likely N-dealkylation sites (tertiary alicyclic amines) is 1. The Balaban J connectivity index is 1.49. The molecule has 3 aromatic rings. The Hall–Kier alpha value is -3.78. The maximum Gasteiger partial charge on any atom is 0.387 e. The topological polar surface area (TPSA) is 59.1 Å². The highest BCUT2D eigenvalue weighted by Gasteiger charge is 2.59. The zero-order valence-electron chi connectivity index (χ0n) is 17.4. The SMILES string of the molecule is O=C1[C@@H]2[C@@H](ON(c3ccccc3)[C@H]2c2ccc(OC(F)F)cc2)C(=O)N1Cc1ccccc1. The van der Waals surface area contributed by atoms with Crippen molar-refractivity contribution in [1.29, 1.82) is 0 Å². The van der Waals surface area contributed by atoms with Gasteiger partial charge in [0.25, 0.3) is 5.91 Å². The maximum absolute atomic E-state index is 13.4. The van der Waals surface area contributed by atoms with Crippen molar-refractivity contribution in [3.05, 3.63) is 96.1 Å². The highest BCUT2D eigenvalue weighted by Crippen LogP contribution is 2.47. The standard InChI is InChI=1S/C25H20F2N2O4/c26-25(27)32-19-13-11-17(12-14-19)21-20-22(33-29(21)18-9-5-2-6-10-18)24(31)28(23(20)30)15-16-7-3-1-4-8-16/h1-14,20-22,25H,15H2/t20-,21-,22+/m0/s1. The lowest BCUT2D eigenvalue weighted by Crippen LogP contribution is -2.36. The molecular formula is C25H20F2N2O4. The van der Waals surface area contributed by atoms with Gasteiger partial charge in [-0.25, -0.2) is 5.06 Å². The number of para-hydroxylation sites is 1. The fraction of sp³-hybridized carbons (Fsp3) is 0.200. The van der Waals surface area contributed by atoms with Crippen molar-refractivity contribution in [1.82, 2.24) is 4.90 Å². The summed E-state index contributed by atoms with van der Waals surface area (Å²) in [5, 5.41) is 1.56. The molecule has 0 aromatic heterocycles. The van der Waals surface area contributed by atoms with Gasteiger partial charge in [-0.05, 0) is 35.4 Å². The van der Waals surface area contributed by atoms with E-state index in [-0.39, 0.29) is 18.2 Å². The Kier molecular flexibility index (Phi) is 5.51. The zero-order chi connectivity index (χ0) is 22.9. The van der Waals surface area contributed by atoms with E-state index in [2.05, 4.69) is 4.74 Å². The number of hydrogen-bond donors (Lipinski definition) is 0. The van der Waals surface area contributed by atoms with Gasteiger partial charge in [0, 0.05) is 0 Å². The van der Waals surface area contributed by atoms with Crippen LogP contribution < -0.4 is 9.80 Å². The number of anilines is 1. The number of ether oxygens (including phenoxy) is 1. The Morgan fingerprint density at radius 3 is 2.12 bits per heavy atom. The van der Waals surface area contributed by atoms with E-state index in [0.717, 1.165) is 5.56 Å². The van der Waals surface area contributed by atoms with E-state index in [0.29, 0.717) is 11.3 Å². The van der Waals surface area contributed by atoms with Crippen molar-refractivity contribution in [3.8, 4) is 5.75 Å². The minimum atomic E-state index is -2.93. The van der Waals surface area contributed by atoms with Crippen molar-refractivity contribution in [3.63, 3.8) is 0 Å². The van der Waals surface area contributed by atoms with Gasteiger partial charge in [-0.15, -0.1) is 0 Å². The first kappa shape index (κ1) is 21.1. The van der Waals surface area contributed by atoms with Crippen LogP contribution in [0.5, 0.6) is 5.75 Å². The Morgan fingerprint density at radius 1 is 0.848 bits per heavy atom. The van der Waals surface area contributed by atoms with Gasteiger partial charge in [0.05, 0.1) is 18.3 Å². The largest absolute Gasteiger partial charge is 0.435 e. The molecule has 0 spiro atoms. The Morgan fingerprint density at radius 2 is 1.48 bits per heavy atom. The summed E-state index contributed by atoms with van der Waals surface area (Å²) in [5.74, 6) is -1.49. The molecule has 168 valence electrons. The molecule has 2 saturated heterocycles. The molecular weight excluding hydrogens is 430 g/mol. The third-order valence-electron chi connectivity index (χ3n) is 5.85. The number of amides is 2. The number of imide groups is 1. The quantitative estimate of drug-likeness (QED) is 0.523. The first-order chi connectivity index (χ1) is 16.0. The van der Waals surface area contributed by atoms with Gasteiger partial charge in [0.15, 0.2) is 6.10 Å². The van der Waals surface area contributed by atoms with Crippen LogP contribution in [-0.2, 0) is 21.0 Å². The summed E-state index contributed by atoms with van der Waals surface area (Å²) in [4.78, 5) is 33.9. The molecule has 2 amide bonds. The molecule has 0 bridgehead atoms. The van der Waals surface area contributed by atoms with Crippen LogP contribution in [-0.4, -0.2) is 29.4 Å². The van der Waals surface area contributed by atoms with Crippen LogP contribution in [0.3, 0.4) is 0 Å². The van der Waals surface area contributed by atoms with Gasteiger partial charge < -0.3 is 4.74 Å². The Bertz CT molecular complexity index is 1140. The summed E-state index contributed by atoms with van der Waals surface area (Å²) in [7, 11) is 0. The van der Waals surface area contributed by atoms with Crippen LogP contribution in [0.25, 0.3) is 0 Å². The van der Waals surface area contributed by atoms with Gasteiger partial charge in [-0.1, -0.05) is 60.7 Å². The second-order valence-corrected chi connectivity index (χ2v) is 7.85. The molecule has 8 heteroatoms. The van der Waals surface area contributed by atoms with Gasteiger partial charge >= 0.3 is 6.61 Å². The van der Waals surface area contributed by atoms with Crippen LogP contribution in [0.15, 0.2) is 84.9 Å². The van der Waals surface area contributed by atoms with Crippen LogP contribution in [0, 0.1) is 5.92 Å². The lowest BCUT2D eigenvalue weighted by atomic mass is 9.90. The third-order valence-corrected chi connectivity index (χ3v) is 5.85. The highest BCUT2D eigenvalue weighted by molar-refractivity contribution is 6.07. The lowest BCUT2D eigenvalue weighted by Gasteiger charge is -2.28. The van der Waals surface area contributed by atoms with Gasteiger partial charge in [-0.3, -0.25) is 19.3 Å². The monoisotopic (exact) mass is 450 g/mol. The Labute approximate surface area is 188 Å². The number of benzene rings is 3. The van der Waals surface area contributed by atoms with Crippen LogP contribution >= 0.6 is 0 Å². The molecule has 2 aliphatic heterocycles. The second kappa shape index (κ2) is 8.63. The zero-order valence-corrected chi connectivity index (χ0v) is 17.4. The maximum atomic E-state index is 13.4. The first-order valence-corrected chi connectivity index (χ1v) is 10.5. The molecule has 6 nitrogen and oxygen atoms in total. The predicted octanol–water partition coefficient (Wildman–Crippen LogP) is 4.33. The second-order valence-electron chi connectivity index (χ2n) is 7.85. The first-order valence-electron chi connectivity index (χ1n) is 10.5. The van der Waals surface area contributed by atoms with E-state index in [1.165, 1.54) is 17.0 Å². The van der Waals surface area contributed by atoms with Crippen molar-refractivity contribution in [2.45, 2.75) is 25.3 Å². The predicted molar refractivity (Wildman–Crippen MR) is 115 cm³/mol. The molecule has 0 radical (unpaired) electrons. The normalized spacial score (nSPS) is 22.2. The molecule has 3 aromatic carbocycles. The average Bonchev–Trinajstić information content (AvgIpc) is 3.33. The molecule has 2 aliphatic rings. The van der Waals surface area contributed by atoms with Crippen LogP contribution in [0.2, 0.25) is 0 Å². The van der Waals surface area contributed by atoms with Crippen molar-refractivity contribution < 1.29 is 27.9 Å². The molecule has 33 heavy (non-hydrogen) atoms. The highest BCUT2D eigenvalue weighted by atomic mass is 19.3. The van der Waals surface area contributed by atoms with Gasteiger partial charge in [0.2, 0.25) is 5.91 Å². The molecule has 0 unspecified atom stereocenters. The van der Waals surface area contributed by atoms with E-state index in [1.54, 1.807) is 17.2 Å². The van der Waals surface area contributed by atoms with Crippen molar-refractivity contribution in [2.24, 2.45) is 5.92 Å². The summed E-state index contributed by atoms with van der Waals surface area (Å²) in [5.41, 5.74) is 2.17. The van der Waals surface area contributed by atoms with Crippen molar-refractivity contribution in [2.75, 3.05) is 5.06 Å². The minimum absolute atomic E-state index is 0.00926. The fourth-order valence-corrected chi connectivity index (χ4v) is 4.38. The fourth-order valence-electron chi connectivity index (χ4n) is 4.38. The van der Waals surface area contributed by atoms with E-state index in [1.807, 2.05) is 60.7 Å². The molecule has 0 aliphatic carbocycles. The summed E-state index contributed by atoms with van der Waals surface area (Å²) >= 11 is 0. The van der Waals surface area contributed by atoms with Gasteiger partial charge in [0.1, 0.15) is 11.7 Å². The summed E-state index contributed by atoms with van der Waals surface area (Å²) in [6, 6.07) is 23.9.